The van der Waals surface area contributed by atoms with Crippen LogP contribution in [-0.2, 0) is 0 Å². The van der Waals surface area contributed by atoms with E-state index in [1.807, 2.05) is 12.1 Å². The second-order valence-electron chi connectivity index (χ2n) is 4.54. The Morgan fingerprint density at radius 2 is 1.61 bits per heavy atom. The van der Waals surface area contributed by atoms with E-state index in [2.05, 4.69) is 47.8 Å². The van der Waals surface area contributed by atoms with Crippen molar-refractivity contribution in [1.29, 1.82) is 0 Å². The Kier molecular flexibility index (Phi) is 5.84. The number of ether oxygens (including phenoxy) is 1. The summed E-state index contributed by atoms with van der Waals surface area (Å²) in [7, 11) is -2.50. The van der Waals surface area contributed by atoms with Crippen molar-refractivity contribution in [3.05, 3.63) is 60.0 Å². The molecule has 0 bridgehead atoms. The summed E-state index contributed by atoms with van der Waals surface area (Å²) < 4.78 is 35.5. The molecular formula is C16H16ClO5S+. The SMILES string of the molecule is COc1ccc2cc(-c3ccccc3)[s+]cc2c1.[O-][Cl+](O)(O)O. The van der Waals surface area contributed by atoms with Crippen molar-refractivity contribution in [3.8, 4) is 16.2 Å². The Morgan fingerprint density at radius 3 is 2.22 bits per heavy atom. The summed E-state index contributed by atoms with van der Waals surface area (Å²) in [5.74, 6) is 0.905. The van der Waals surface area contributed by atoms with Crippen molar-refractivity contribution < 1.29 is 33.6 Å². The number of hydrogen-bond donors (Lipinski definition) is 3. The molecule has 0 saturated carbocycles. The van der Waals surface area contributed by atoms with Crippen molar-refractivity contribution in [1.82, 2.24) is 0 Å². The van der Waals surface area contributed by atoms with E-state index in [4.69, 9.17) is 23.4 Å². The molecule has 0 aliphatic carbocycles. The number of hydrogen-bond acceptors (Lipinski definition) is 5. The van der Waals surface area contributed by atoms with Crippen molar-refractivity contribution >= 4 is 22.1 Å². The van der Waals surface area contributed by atoms with Crippen LogP contribution in [0.3, 0.4) is 0 Å². The number of fused-ring (bicyclic) bond motifs is 1. The molecule has 0 atom stereocenters. The molecule has 0 fully saturated rings. The fourth-order valence-corrected chi connectivity index (χ4v) is 2.89. The number of methoxy groups -OCH3 is 1. The molecule has 23 heavy (non-hydrogen) atoms. The number of benzene rings is 2. The zero-order valence-electron chi connectivity index (χ0n) is 12.2. The molecule has 5 nitrogen and oxygen atoms in total. The third-order valence-corrected chi connectivity index (χ3v) is 3.93. The van der Waals surface area contributed by atoms with Crippen LogP contribution < -0.4 is 9.40 Å². The Balaban J connectivity index is 0.000000338. The van der Waals surface area contributed by atoms with Gasteiger partial charge in [0.2, 0.25) is 21.6 Å². The van der Waals surface area contributed by atoms with Crippen LogP contribution >= 0.6 is 11.3 Å². The van der Waals surface area contributed by atoms with Gasteiger partial charge in [-0.3, -0.25) is 0 Å². The van der Waals surface area contributed by atoms with Crippen LogP contribution in [0.4, 0.5) is 0 Å². The van der Waals surface area contributed by atoms with E-state index in [0.29, 0.717) is 0 Å². The zero-order chi connectivity index (χ0) is 16.9. The molecular weight excluding hydrogens is 340 g/mol. The summed E-state index contributed by atoms with van der Waals surface area (Å²) in [5, 5.41) is 4.65. The van der Waals surface area contributed by atoms with Gasteiger partial charge in [-0.1, -0.05) is 24.3 Å². The Morgan fingerprint density at radius 1 is 0.957 bits per heavy atom. The summed E-state index contributed by atoms with van der Waals surface area (Å²) in [6.07, 6.45) is 0. The first-order chi connectivity index (χ1) is 10.9. The molecule has 2 aromatic carbocycles. The summed E-state index contributed by atoms with van der Waals surface area (Å²) in [4.78, 5) is 1.29. The fourth-order valence-electron chi connectivity index (χ4n) is 1.97. The van der Waals surface area contributed by atoms with Gasteiger partial charge in [-0.15, -0.1) is 0 Å². The molecule has 0 aliphatic heterocycles. The number of rotatable bonds is 2. The van der Waals surface area contributed by atoms with Gasteiger partial charge < -0.3 is 4.74 Å². The summed E-state index contributed by atoms with van der Waals surface area (Å²) in [5.41, 5.74) is 1.26. The second-order valence-corrected chi connectivity index (χ2v) is 6.32. The Labute approximate surface area is 139 Å². The van der Waals surface area contributed by atoms with Crippen LogP contribution in [-0.4, -0.2) is 21.1 Å². The summed E-state index contributed by atoms with van der Waals surface area (Å²) in [6, 6.07) is 18.9. The third kappa shape index (κ3) is 5.72. The molecule has 3 aromatic rings. The van der Waals surface area contributed by atoms with E-state index >= 15 is 0 Å². The average Bonchev–Trinajstić information content (AvgIpc) is 2.53. The molecule has 0 saturated heterocycles. The van der Waals surface area contributed by atoms with Crippen molar-refractivity contribution in [2.24, 2.45) is 0 Å². The van der Waals surface area contributed by atoms with Gasteiger partial charge in [0.05, 0.1) is 7.11 Å². The minimum absolute atomic E-state index is 0.905. The van der Waals surface area contributed by atoms with Crippen molar-refractivity contribution in [2.75, 3.05) is 7.11 Å². The molecule has 0 aliphatic rings. The van der Waals surface area contributed by atoms with E-state index in [9.17, 15) is 0 Å². The summed E-state index contributed by atoms with van der Waals surface area (Å²) in [6.45, 7) is 0. The minimum atomic E-state index is -4.19. The summed E-state index contributed by atoms with van der Waals surface area (Å²) >= 11 is 1.76. The molecule has 0 amide bonds. The van der Waals surface area contributed by atoms with Crippen molar-refractivity contribution in [3.63, 3.8) is 0 Å². The predicted molar refractivity (Wildman–Crippen MR) is 84.9 cm³/mol. The molecule has 122 valence electrons. The first kappa shape index (κ1) is 17.6. The molecule has 3 N–H and O–H groups in total. The van der Waals surface area contributed by atoms with E-state index in [1.54, 1.807) is 18.4 Å². The van der Waals surface area contributed by atoms with Gasteiger partial charge >= 0.3 is 28.9 Å². The van der Waals surface area contributed by atoms with Gasteiger partial charge in [-0.25, -0.2) is 0 Å². The van der Waals surface area contributed by atoms with E-state index in [-0.39, 0.29) is 0 Å². The zero-order valence-corrected chi connectivity index (χ0v) is 13.8. The van der Waals surface area contributed by atoms with Crippen LogP contribution in [0.5, 0.6) is 5.75 Å². The molecule has 0 radical (unpaired) electrons. The van der Waals surface area contributed by atoms with Gasteiger partial charge in [-0.2, -0.15) is 0 Å². The average molecular weight is 356 g/mol. The van der Waals surface area contributed by atoms with E-state index in [0.717, 1.165) is 5.75 Å². The molecule has 1 heterocycles. The molecule has 0 unspecified atom stereocenters. The second kappa shape index (κ2) is 7.65. The van der Waals surface area contributed by atoms with Crippen LogP contribution in [0.2, 0.25) is 0 Å². The Hall–Kier alpha value is -1.80. The molecule has 7 heteroatoms. The van der Waals surface area contributed by atoms with Gasteiger partial charge in [0.1, 0.15) is 5.75 Å². The van der Waals surface area contributed by atoms with Crippen LogP contribution in [0.15, 0.2) is 60.0 Å². The van der Waals surface area contributed by atoms with Crippen molar-refractivity contribution in [2.45, 2.75) is 0 Å². The van der Waals surface area contributed by atoms with E-state index < -0.39 is 10.2 Å². The van der Waals surface area contributed by atoms with Crippen LogP contribution in [0, 0.1) is 10.2 Å². The standard InChI is InChI=1S/C16H13OS.ClH3O4/c1-17-15-8-7-13-10-16(18-11-14(13)9-15)12-5-3-2-4-6-12;2-1(3,4)5/h2-11H,1H3;2-4H/q+1;. The Bertz CT molecular complexity index is 768. The van der Waals surface area contributed by atoms with Gasteiger partial charge in [0, 0.05) is 17.0 Å². The molecule has 3 rings (SSSR count). The number of halogens is 1. The topological polar surface area (TPSA) is 93.0 Å². The predicted octanol–water partition coefficient (Wildman–Crippen LogP) is 2.00. The maximum absolute atomic E-state index is 8.83. The van der Waals surface area contributed by atoms with Crippen LogP contribution in [0.25, 0.3) is 21.2 Å². The monoisotopic (exact) mass is 355 g/mol. The van der Waals surface area contributed by atoms with E-state index in [1.165, 1.54) is 21.2 Å². The normalized spacial score (nSPS) is 11.5. The maximum atomic E-state index is 8.83. The third-order valence-electron chi connectivity index (χ3n) is 2.95. The quantitative estimate of drug-likeness (QED) is 0.611. The van der Waals surface area contributed by atoms with Crippen LogP contribution in [0.1, 0.15) is 0 Å². The first-order valence-electron chi connectivity index (χ1n) is 6.48. The molecule has 0 spiro atoms. The van der Waals surface area contributed by atoms with Gasteiger partial charge in [0.25, 0.3) is 0 Å². The van der Waals surface area contributed by atoms with Gasteiger partial charge in [-0.05, 0) is 29.7 Å². The fraction of sp³-hybridized carbons (Fsp3) is 0.0625. The molecule has 1 aromatic heterocycles. The van der Waals surface area contributed by atoms with Gasteiger partial charge in [0.15, 0.2) is 0 Å². The first-order valence-corrected chi connectivity index (χ1v) is 8.68.